The van der Waals surface area contributed by atoms with E-state index in [2.05, 4.69) is 45.5 Å². The molecular weight excluding hydrogens is 364 g/mol. The second-order valence-corrected chi connectivity index (χ2v) is 7.90. The van der Waals surface area contributed by atoms with E-state index in [0.29, 0.717) is 13.1 Å². The number of hydrogen-bond donors (Lipinski definition) is 4. The number of anilines is 2. The number of benzene rings is 2. The Morgan fingerprint density at radius 1 is 0.931 bits per heavy atom. The van der Waals surface area contributed by atoms with E-state index in [1.54, 1.807) is 0 Å². The van der Waals surface area contributed by atoms with Crippen LogP contribution in [0.3, 0.4) is 0 Å². The maximum absolute atomic E-state index is 12.0. The maximum atomic E-state index is 12.0. The molecule has 1 heterocycles. The van der Waals surface area contributed by atoms with Gasteiger partial charge < -0.3 is 21.3 Å². The van der Waals surface area contributed by atoms with Crippen LogP contribution in [0.25, 0.3) is 0 Å². The lowest BCUT2D eigenvalue weighted by atomic mass is 9.84. The van der Waals surface area contributed by atoms with Crippen molar-refractivity contribution in [2.45, 2.75) is 50.6 Å². The van der Waals surface area contributed by atoms with Crippen LogP contribution in [0.1, 0.15) is 49.1 Å². The Labute approximate surface area is 171 Å². The SMILES string of the molecule is O=C1NC[C@H](C(=O)NCc2ccc(Nc3ccc(C4CCCCC4)cc3)cc2)N1. The van der Waals surface area contributed by atoms with Crippen LogP contribution in [-0.4, -0.2) is 24.5 Å². The molecule has 0 radical (unpaired) electrons. The molecular formula is C23H28N4O2. The average molecular weight is 393 g/mol. The van der Waals surface area contributed by atoms with E-state index in [-0.39, 0.29) is 11.9 Å². The fourth-order valence-corrected chi connectivity index (χ4v) is 4.07. The van der Waals surface area contributed by atoms with Gasteiger partial charge >= 0.3 is 6.03 Å². The molecule has 2 aromatic rings. The van der Waals surface area contributed by atoms with E-state index in [1.165, 1.54) is 37.7 Å². The summed E-state index contributed by atoms with van der Waals surface area (Å²) in [5, 5.41) is 11.4. The molecule has 4 N–H and O–H groups in total. The van der Waals surface area contributed by atoms with Gasteiger partial charge in [-0.2, -0.15) is 0 Å². The molecule has 2 aliphatic rings. The van der Waals surface area contributed by atoms with Crippen molar-refractivity contribution in [2.24, 2.45) is 0 Å². The third-order valence-electron chi connectivity index (χ3n) is 5.79. The molecule has 6 nitrogen and oxygen atoms in total. The standard InChI is InChI=1S/C23H28N4O2/c28-22(21-15-25-23(29)27-21)24-14-16-6-10-19(11-7-16)26-20-12-8-18(9-13-20)17-4-2-1-3-5-17/h6-13,17,21,26H,1-5,14-15H2,(H,24,28)(H2,25,27,29)/t21-/m1/s1. The number of carbonyl (C=O) groups excluding carboxylic acids is 2. The van der Waals surface area contributed by atoms with Crippen molar-refractivity contribution in [3.8, 4) is 0 Å². The van der Waals surface area contributed by atoms with Crippen LogP contribution in [0.4, 0.5) is 16.2 Å². The third-order valence-corrected chi connectivity index (χ3v) is 5.79. The second kappa shape index (κ2) is 8.99. The van der Waals surface area contributed by atoms with Gasteiger partial charge in [0.05, 0.1) is 0 Å². The summed E-state index contributed by atoms with van der Waals surface area (Å²) in [5.74, 6) is 0.546. The summed E-state index contributed by atoms with van der Waals surface area (Å²) in [5.41, 5.74) is 4.55. The Morgan fingerprint density at radius 3 is 2.21 bits per heavy atom. The van der Waals surface area contributed by atoms with Crippen LogP contribution in [-0.2, 0) is 11.3 Å². The molecule has 3 amide bonds. The number of amides is 3. The van der Waals surface area contributed by atoms with Gasteiger partial charge in [0.15, 0.2) is 0 Å². The minimum Gasteiger partial charge on any atom is -0.356 e. The van der Waals surface area contributed by atoms with E-state index in [9.17, 15) is 9.59 Å². The normalized spacial score (nSPS) is 19.3. The molecule has 6 heteroatoms. The van der Waals surface area contributed by atoms with Crippen molar-refractivity contribution in [2.75, 3.05) is 11.9 Å². The molecule has 2 fully saturated rings. The molecule has 152 valence electrons. The summed E-state index contributed by atoms with van der Waals surface area (Å²) in [7, 11) is 0. The van der Waals surface area contributed by atoms with Gasteiger partial charge in [0.2, 0.25) is 5.91 Å². The van der Waals surface area contributed by atoms with Crippen molar-refractivity contribution < 1.29 is 9.59 Å². The van der Waals surface area contributed by atoms with Crippen LogP contribution in [0, 0.1) is 0 Å². The summed E-state index contributed by atoms with van der Waals surface area (Å²) < 4.78 is 0. The second-order valence-electron chi connectivity index (χ2n) is 7.90. The van der Waals surface area contributed by atoms with Gasteiger partial charge in [0.1, 0.15) is 6.04 Å². The Hall–Kier alpha value is -3.02. The molecule has 1 aliphatic heterocycles. The van der Waals surface area contributed by atoms with Gasteiger partial charge in [-0.25, -0.2) is 4.79 Å². The fraction of sp³-hybridized carbons (Fsp3) is 0.391. The highest BCUT2D eigenvalue weighted by Gasteiger charge is 2.26. The predicted octanol–water partition coefficient (Wildman–Crippen LogP) is 3.78. The van der Waals surface area contributed by atoms with E-state index >= 15 is 0 Å². The number of hydrogen-bond acceptors (Lipinski definition) is 3. The maximum Gasteiger partial charge on any atom is 0.315 e. The molecule has 1 saturated carbocycles. The highest BCUT2D eigenvalue weighted by Crippen LogP contribution is 2.33. The van der Waals surface area contributed by atoms with Crippen molar-refractivity contribution in [3.05, 3.63) is 59.7 Å². The van der Waals surface area contributed by atoms with Crippen molar-refractivity contribution in [1.29, 1.82) is 0 Å². The van der Waals surface area contributed by atoms with Crippen LogP contribution in [0.2, 0.25) is 0 Å². The molecule has 1 aliphatic carbocycles. The molecule has 2 aromatic carbocycles. The molecule has 0 aromatic heterocycles. The van der Waals surface area contributed by atoms with E-state index < -0.39 is 6.04 Å². The largest absolute Gasteiger partial charge is 0.356 e. The third kappa shape index (κ3) is 5.08. The van der Waals surface area contributed by atoms with E-state index in [4.69, 9.17) is 0 Å². The van der Waals surface area contributed by atoms with Crippen LogP contribution < -0.4 is 21.3 Å². The first-order chi connectivity index (χ1) is 14.2. The first-order valence-electron chi connectivity index (χ1n) is 10.5. The Bertz CT molecular complexity index is 842. The first-order valence-corrected chi connectivity index (χ1v) is 10.5. The molecule has 0 bridgehead atoms. The zero-order valence-corrected chi connectivity index (χ0v) is 16.5. The predicted molar refractivity (Wildman–Crippen MR) is 114 cm³/mol. The summed E-state index contributed by atoms with van der Waals surface area (Å²) in [6.07, 6.45) is 6.71. The Morgan fingerprint density at radius 2 is 1.59 bits per heavy atom. The van der Waals surface area contributed by atoms with Gasteiger partial charge in [-0.1, -0.05) is 43.5 Å². The van der Waals surface area contributed by atoms with Crippen LogP contribution in [0.15, 0.2) is 48.5 Å². The van der Waals surface area contributed by atoms with Gasteiger partial charge in [-0.05, 0) is 54.2 Å². The molecule has 4 rings (SSSR count). The number of urea groups is 1. The minimum absolute atomic E-state index is 0.177. The topological polar surface area (TPSA) is 82.3 Å². The van der Waals surface area contributed by atoms with Gasteiger partial charge in [-0.15, -0.1) is 0 Å². The molecule has 29 heavy (non-hydrogen) atoms. The highest BCUT2D eigenvalue weighted by molar-refractivity contribution is 5.90. The lowest BCUT2D eigenvalue weighted by molar-refractivity contribution is -0.122. The number of carbonyl (C=O) groups is 2. The molecule has 1 saturated heterocycles. The Kier molecular flexibility index (Phi) is 5.98. The summed E-state index contributed by atoms with van der Waals surface area (Å²) >= 11 is 0. The van der Waals surface area contributed by atoms with E-state index in [0.717, 1.165) is 22.9 Å². The smallest absolute Gasteiger partial charge is 0.315 e. The summed E-state index contributed by atoms with van der Waals surface area (Å²) in [6.45, 7) is 0.759. The highest BCUT2D eigenvalue weighted by atomic mass is 16.2. The summed E-state index contributed by atoms with van der Waals surface area (Å²) in [6, 6.07) is 16.0. The first kappa shape index (κ1) is 19.3. The summed E-state index contributed by atoms with van der Waals surface area (Å²) in [4.78, 5) is 23.1. The average Bonchev–Trinajstić information content (AvgIpc) is 3.21. The Balaban J connectivity index is 1.27. The van der Waals surface area contributed by atoms with Gasteiger partial charge in [0.25, 0.3) is 0 Å². The number of rotatable bonds is 6. The van der Waals surface area contributed by atoms with Gasteiger partial charge in [0, 0.05) is 24.5 Å². The molecule has 0 unspecified atom stereocenters. The number of nitrogens with one attached hydrogen (secondary N) is 4. The van der Waals surface area contributed by atoms with Crippen LogP contribution >= 0.6 is 0 Å². The van der Waals surface area contributed by atoms with Crippen molar-refractivity contribution in [3.63, 3.8) is 0 Å². The van der Waals surface area contributed by atoms with E-state index in [1.807, 2.05) is 24.3 Å². The zero-order valence-electron chi connectivity index (χ0n) is 16.5. The van der Waals surface area contributed by atoms with Crippen molar-refractivity contribution in [1.82, 2.24) is 16.0 Å². The zero-order chi connectivity index (χ0) is 20.1. The molecule has 0 spiro atoms. The minimum atomic E-state index is -0.500. The monoisotopic (exact) mass is 392 g/mol. The van der Waals surface area contributed by atoms with Gasteiger partial charge in [-0.3, -0.25) is 4.79 Å². The van der Waals surface area contributed by atoms with Crippen molar-refractivity contribution >= 4 is 23.3 Å². The quantitative estimate of drug-likeness (QED) is 0.604. The fourth-order valence-electron chi connectivity index (χ4n) is 4.07. The lowest BCUT2D eigenvalue weighted by Gasteiger charge is -2.22. The van der Waals surface area contributed by atoms with Crippen LogP contribution in [0.5, 0.6) is 0 Å². The molecule has 1 atom stereocenters. The lowest BCUT2D eigenvalue weighted by Crippen LogP contribution is -2.42.